The van der Waals surface area contributed by atoms with Gasteiger partial charge in [-0.2, -0.15) is 0 Å². The lowest BCUT2D eigenvalue weighted by Gasteiger charge is -2.27. The van der Waals surface area contributed by atoms with Gasteiger partial charge in [0.05, 0.1) is 4.92 Å². The smallest absolute Gasteiger partial charge is 0.269 e. The van der Waals surface area contributed by atoms with Crippen molar-refractivity contribution in [3.63, 3.8) is 0 Å². The Labute approximate surface area is 159 Å². The summed E-state index contributed by atoms with van der Waals surface area (Å²) in [5.74, 6) is -0.0763. The summed E-state index contributed by atoms with van der Waals surface area (Å²) in [6.07, 6.45) is 8.86. The van der Waals surface area contributed by atoms with Crippen LogP contribution >= 0.6 is 0 Å². The third-order valence-corrected chi connectivity index (χ3v) is 4.81. The molecule has 0 radical (unpaired) electrons. The second-order valence-electron chi connectivity index (χ2n) is 7.51. The average molecular weight is 373 g/mol. The molecule has 7 nitrogen and oxygen atoms in total. The number of nitrogens with zero attached hydrogens (tertiary/aromatic N) is 1. The van der Waals surface area contributed by atoms with Crippen molar-refractivity contribution in [2.75, 3.05) is 6.54 Å². The third-order valence-electron chi connectivity index (χ3n) is 4.81. The normalized spacial score (nSPS) is 15.5. The Bertz CT molecular complexity index is 704. The highest BCUT2D eigenvalue weighted by Crippen LogP contribution is 2.22. The molecule has 1 saturated carbocycles. The number of hydrogen-bond donors (Lipinski definition) is 2. The van der Waals surface area contributed by atoms with E-state index in [0.717, 1.165) is 12.8 Å². The van der Waals surface area contributed by atoms with Gasteiger partial charge in [-0.25, -0.2) is 0 Å². The molecule has 0 atom stereocenters. The molecule has 7 heteroatoms. The first-order valence-electron chi connectivity index (χ1n) is 9.31. The van der Waals surface area contributed by atoms with Crippen LogP contribution in [0.3, 0.4) is 0 Å². The highest BCUT2D eigenvalue weighted by molar-refractivity contribution is 5.97. The minimum absolute atomic E-state index is 0.00706. The lowest BCUT2D eigenvalue weighted by molar-refractivity contribution is -0.384. The summed E-state index contributed by atoms with van der Waals surface area (Å²) >= 11 is 0. The number of rotatable bonds is 7. The van der Waals surface area contributed by atoms with Crippen molar-refractivity contribution in [1.29, 1.82) is 0 Å². The van der Waals surface area contributed by atoms with Gasteiger partial charge in [-0.05, 0) is 56.4 Å². The number of nitrogens with one attached hydrogen (secondary N) is 2. The molecule has 1 fully saturated rings. The number of nitro benzene ring substituents is 1. The van der Waals surface area contributed by atoms with Gasteiger partial charge in [-0.1, -0.05) is 19.3 Å². The summed E-state index contributed by atoms with van der Waals surface area (Å²) in [4.78, 5) is 34.7. The van der Waals surface area contributed by atoms with Gasteiger partial charge in [0.1, 0.15) is 5.54 Å². The van der Waals surface area contributed by atoms with Crippen LogP contribution in [0.2, 0.25) is 0 Å². The molecule has 0 bridgehead atoms. The Hall–Kier alpha value is -2.70. The van der Waals surface area contributed by atoms with E-state index in [4.69, 9.17) is 0 Å². The van der Waals surface area contributed by atoms with E-state index < -0.39 is 16.4 Å². The standard InChI is InChI=1S/C20H27N3O4/c1-20(2,19(25)21-14-16-6-4-3-5-7-16)22-18(24)13-10-15-8-11-17(12-9-15)23(26)27/h8-13,16H,3-7,14H2,1-2H3,(H,21,25)(H,22,24)/b13-10+. The van der Waals surface area contributed by atoms with E-state index in [1.807, 2.05) is 0 Å². The van der Waals surface area contributed by atoms with E-state index in [-0.39, 0.29) is 11.6 Å². The van der Waals surface area contributed by atoms with E-state index in [1.165, 1.54) is 37.5 Å². The van der Waals surface area contributed by atoms with Gasteiger partial charge >= 0.3 is 0 Å². The van der Waals surface area contributed by atoms with Crippen LogP contribution in [0.1, 0.15) is 51.5 Å². The lowest BCUT2D eigenvalue weighted by atomic mass is 9.89. The molecule has 0 saturated heterocycles. The predicted molar refractivity (Wildman–Crippen MR) is 104 cm³/mol. The van der Waals surface area contributed by atoms with Crippen molar-refractivity contribution in [1.82, 2.24) is 10.6 Å². The van der Waals surface area contributed by atoms with Gasteiger partial charge in [-0.3, -0.25) is 19.7 Å². The maximum Gasteiger partial charge on any atom is 0.269 e. The number of amides is 2. The SMILES string of the molecule is CC(C)(NC(=O)/C=C/c1ccc([N+](=O)[O-])cc1)C(=O)NCC1CCCCC1. The van der Waals surface area contributed by atoms with Crippen LogP contribution in [0, 0.1) is 16.0 Å². The van der Waals surface area contributed by atoms with E-state index in [9.17, 15) is 19.7 Å². The molecule has 0 aromatic heterocycles. The van der Waals surface area contributed by atoms with E-state index in [0.29, 0.717) is 18.0 Å². The molecule has 2 N–H and O–H groups in total. The molecule has 0 spiro atoms. The van der Waals surface area contributed by atoms with E-state index >= 15 is 0 Å². The van der Waals surface area contributed by atoms with Gasteiger partial charge in [-0.15, -0.1) is 0 Å². The minimum Gasteiger partial charge on any atom is -0.354 e. The summed E-state index contributed by atoms with van der Waals surface area (Å²) < 4.78 is 0. The quantitative estimate of drug-likeness (QED) is 0.435. The molecule has 0 aliphatic heterocycles. The van der Waals surface area contributed by atoms with Crippen molar-refractivity contribution in [3.05, 3.63) is 46.0 Å². The fourth-order valence-corrected chi connectivity index (χ4v) is 3.13. The average Bonchev–Trinajstić information content (AvgIpc) is 2.65. The van der Waals surface area contributed by atoms with Gasteiger partial charge in [0, 0.05) is 24.8 Å². The largest absolute Gasteiger partial charge is 0.354 e. The fourth-order valence-electron chi connectivity index (χ4n) is 3.13. The van der Waals surface area contributed by atoms with Crippen LogP contribution in [-0.4, -0.2) is 28.8 Å². The first-order chi connectivity index (χ1) is 12.8. The van der Waals surface area contributed by atoms with Crippen LogP contribution in [0.15, 0.2) is 30.3 Å². The summed E-state index contributed by atoms with van der Waals surface area (Å²) in [5.41, 5.74) is -0.367. The van der Waals surface area contributed by atoms with Gasteiger partial charge in [0.15, 0.2) is 0 Å². The van der Waals surface area contributed by atoms with E-state index in [2.05, 4.69) is 10.6 Å². The minimum atomic E-state index is -1.02. The molecular formula is C20H27N3O4. The van der Waals surface area contributed by atoms with Crippen LogP contribution in [-0.2, 0) is 9.59 Å². The number of nitro groups is 1. The molecular weight excluding hydrogens is 346 g/mol. The van der Waals surface area contributed by atoms with Gasteiger partial charge in [0.2, 0.25) is 11.8 Å². The number of carbonyl (C=O) groups is 2. The molecule has 2 rings (SSSR count). The Kier molecular flexibility index (Phi) is 7.10. The van der Waals surface area contributed by atoms with Crippen LogP contribution in [0.5, 0.6) is 0 Å². The van der Waals surface area contributed by atoms with Crippen molar-refractivity contribution < 1.29 is 14.5 Å². The number of non-ortho nitro benzene ring substituents is 1. The summed E-state index contributed by atoms with van der Waals surface area (Å²) in [5, 5.41) is 16.3. The van der Waals surface area contributed by atoms with Crippen molar-refractivity contribution >= 4 is 23.6 Å². The summed E-state index contributed by atoms with van der Waals surface area (Å²) in [6.45, 7) is 3.98. The zero-order valence-electron chi connectivity index (χ0n) is 15.9. The summed E-state index contributed by atoms with van der Waals surface area (Å²) in [6, 6.07) is 5.87. The van der Waals surface area contributed by atoms with Crippen molar-refractivity contribution in [2.24, 2.45) is 5.92 Å². The van der Waals surface area contributed by atoms with E-state index in [1.54, 1.807) is 32.1 Å². The number of benzene rings is 1. The van der Waals surface area contributed by atoms with Gasteiger partial charge < -0.3 is 10.6 Å². The maximum absolute atomic E-state index is 12.4. The Balaban J connectivity index is 1.84. The monoisotopic (exact) mass is 373 g/mol. The maximum atomic E-state index is 12.4. The number of carbonyl (C=O) groups excluding carboxylic acids is 2. The molecule has 1 aromatic rings. The first kappa shape index (κ1) is 20.6. The second-order valence-corrected chi connectivity index (χ2v) is 7.51. The highest BCUT2D eigenvalue weighted by Gasteiger charge is 2.29. The Morgan fingerprint density at radius 1 is 1.19 bits per heavy atom. The summed E-state index contributed by atoms with van der Waals surface area (Å²) in [7, 11) is 0. The van der Waals surface area contributed by atoms with Crippen molar-refractivity contribution in [3.8, 4) is 0 Å². The first-order valence-corrected chi connectivity index (χ1v) is 9.31. The topological polar surface area (TPSA) is 101 Å². The fraction of sp³-hybridized carbons (Fsp3) is 0.500. The molecule has 1 aromatic carbocycles. The molecule has 1 aliphatic rings. The Morgan fingerprint density at radius 2 is 1.81 bits per heavy atom. The zero-order valence-corrected chi connectivity index (χ0v) is 15.9. The second kappa shape index (κ2) is 9.30. The van der Waals surface area contributed by atoms with Gasteiger partial charge in [0.25, 0.3) is 5.69 Å². The third kappa shape index (κ3) is 6.51. The Morgan fingerprint density at radius 3 is 2.41 bits per heavy atom. The van der Waals surface area contributed by atoms with Crippen LogP contribution < -0.4 is 10.6 Å². The predicted octanol–water partition coefficient (Wildman–Crippen LogP) is 3.20. The molecule has 1 aliphatic carbocycles. The lowest BCUT2D eigenvalue weighted by Crippen LogP contribution is -2.55. The van der Waals surface area contributed by atoms with Crippen LogP contribution in [0.4, 0.5) is 5.69 Å². The molecule has 0 unspecified atom stereocenters. The highest BCUT2D eigenvalue weighted by atomic mass is 16.6. The molecule has 2 amide bonds. The van der Waals surface area contributed by atoms with Crippen molar-refractivity contribution in [2.45, 2.75) is 51.5 Å². The molecule has 146 valence electrons. The molecule has 27 heavy (non-hydrogen) atoms. The zero-order chi connectivity index (χ0) is 19.9. The van der Waals surface area contributed by atoms with Crippen LogP contribution in [0.25, 0.3) is 6.08 Å². The number of hydrogen-bond acceptors (Lipinski definition) is 4. The molecule has 0 heterocycles.